The molecule has 2 N–H and O–H groups in total. The van der Waals surface area contributed by atoms with Crippen LogP contribution in [0.5, 0.6) is 0 Å². The van der Waals surface area contributed by atoms with Gasteiger partial charge in [-0.15, -0.1) is 0 Å². The Hall–Kier alpha value is -3.40. The molecule has 0 spiro atoms. The zero-order valence-corrected chi connectivity index (χ0v) is 20.7. The molecule has 2 atom stereocenters. The van der Waals surface area contributed by atoms with Gasteiger partial charge in [-0.2, -0.15) is 0 Å². The van der Waals surface area contributed by atoms with Crippen molar-refractivity contribution in [2.24, 2.45) is 0 Å². The molecule has 0 aliphatic carbocycles. The first-order valence-electron chi connectivity index (χ1n) is 11.7. The summed E-state index contributed by atoms with van der Waals surface area (Å²) in [6.07, 6.45) is 0.257. The van der Waals surface area contributed by atoms with E-state index >= 15 is 0 Å². The number of anilines is 3. The van der Waals surface area contributed by atoms with Gasteiger partial charge in [-0.1, -0.05) is 30.3 Å². The van der Waals surface area contributed by atoms with Crippen LogP contribution in [0.4, 0.5) is 17.1 Å². The first-order chi connectivity index (χ1) is 16.7. The number of sulfone groups is 1. The van der Waals surface area contributed by atoms with Crippen molar-refractivity contribution < 1.29 is 22.8 Å². The van der Waals surface area contributed by atoms with E-state index in [1.54, 1.807) is 40.1 Å². The zero-order chi connectivity index (χ0) is 25.2. The molecule has 1 saturated heterocycles. The summed E-state index contributed by atoms with van der Waals surface area (Å²) in [4.78, 5) is 42.6. The maximum Gasteiger partial charge on any atom is 0.247 e. The van der Waals surface area contributed by atoms with Gasteiger partial charge in [0, 0.05) is 18.3 Å². The van der Waals surface area contributed by atoms with E-state index in [9.17, 15) is 22.8 Å². The van der Waals surface area contributed by atoms with E-state index in [1.807, 2.05) is 32.0 Å². The van der Waals surface area contributed by atoms with Crippen LogP contribution in [0.3, 0.4) is 0 Å². The minimum absolute atomic E-state index is 0.0497. The Balaban J connectivity index is 1.57. The molecule has 0 radical (unpaired) electrons. The molecule has 2 aromatic rings. The average molecular weight is 499 g/mol. The Kier molecular flexibility index (Phi) is 7.11. The van der Waals surface area contributed by atoms with Crippen molar-refractivity contribution in [1.29, 1.82) is 0 Å². The van der Waals surface area contributed by atoms with E-state index in [0.717, 1.165) is 5.56 Å². The van der Waals surface area contributed by atoms with Crippen molar-refractivity contribution in [3.8, 4) is 0 Å². The molecule has 2 aromatic carbocycles. The van der Waals surface area contributed by atoms with Crippen LogP contribution < -0.4 is 15.5 Å². The third-order valence-electron chi connectivity index (χ3n) is 6.56. The zero-order valence-electron chi connectivity index (χ0n) is 19.9. The summed E-state index contributed by atoms with van der Waals surface area (Å²) in [5.74, 6) is -0.971. The van der Waals surface area contributed by atoms with Crippen LogP contribution in [0.25, 0.3) is 0 Å². The van der Waals surface area contributed by atoms with Gasteiger partial charge in [0.2, 0.25) is 17.7 Å². The number of carbonyl (C=O) groups excluding carboxylic acids is 3. The number of rotatable bonds is 7. The predicted molar refractivity (Wildman–Crippen MR) is 135 cm³/mol. The second-order valence-corrected chi connectivity index (χ2v) is 11.2. The van der Waals surface area contributed by atoms with Gasteiger partial charge in [0.05, 0.1) is 35.8 Å². The molecule has 0 unspecified atom stereocenters. The number of fused-ring (bicyclic) bond motifs is 1. The monoisotopic (exact) mass is 498 g/mol. The topological polar surface area (TPSA) is 116 Å². The van der Waals surface area contributed by atoms with Gasteiger partial charge in [-0.25, -0.2) is 8.42 Å². The van der Waals surface area contributed by atoms with Gasteiger partial charge in [0.15, 0.2) is 9.84 Å². The molecule has 4 rings (SSSR count). The van der Waals surface area contributed by atoms with Gasteiger partial charge in [-0.05, 0) is 44.0 Å². The van der Waals surface area contributed by atoms with Crippen LogP contribution in [0.1, 0.15) is 25.3 Å². The standard InChI is InChI=1S/C25H30N4O5S/c1-3-28(18-12-13-35(33,34)16-18)24(31)15-29-21-11-7-6-10-20(21)27-25(32)22(29)14-23(30)26-19-9-5-4-8-17(19)2/h4-11,18,22H,3,12-16H2,1-2H3,(H,26,30)(H,27,32)/t18-,22-/m0/s1. The van der Waals surface area contributed by atoms with Crippen LogP contribution in [0.15, 0.2) is 48.5 Å². The second-order valence-electron chi connectivity index (χ2n) is 8.95. The Morgan fingerprint density at radius 1 is 1.14 bits per heavy atom. The number of carbonyl (C=O) groups is 3. The van der Waals surface area contributed by atoms with E-state index in [2.05, 4.69) is 10.6 Å². The maximum absolute atomic E-state index is 13.4. The fraction of sp³-hybridized carbons (Fsp3) is 0.400. The minimum atomic E-state index is -3.16. The Labute approximate surface area is 205 Å². The summed E-state index contributed by atoms with van der Waals surface area (Å²) in [5.41, 5.74) is 2.77. The van der Waals surface area contributed by atoms with Gasteiger partial charge >= 0.3 is 0 Å². The molecule has 0 bridgehead atoms. The normalized spacial score (nSPS) is 20.6. The van der Waals surface area contributed by atoms with Gasteiger partial charge < -0.3 is 20.4 Å². The van der Waals surface area contributed by atoms with Gasteiger partial charge in [-0.3, -0.25) is 14.4 Å². The smallest absolute Gasteiger partial charge is 0.247 e. The fourth-order valence-corrected chi connectivity index (χ4v) is 6.47. The summed E-state index contributed by atoms with van der Waals surface area (Å²) >= 11 is 0. The molecule has 10 heteroatoms. The molecule has 1 fully saturated rings. The highest BCUT2D eigenvalue weighted by atomic mass is 32.2. The van der Waals surface area contributed by atoms with Crippen molar-refractivity contribution in [2.45, 2.75) is 38.8 Å². The molecule has 2 aliphatic heterocycles. The van der Waals surface area contributed by atoms with Gasteiger partial charge in [0.25, 0.3) is 0 Å². The SMILES string of the molecule is CCN(C(=O)CN1c2ccccc2NC(=O)[C@@H]1CC(=O)Nc1ccccc1C)[C@H]1CCS(=O)(=O)C1. The van der Waals surface area contributed by atoms with Crippen molar-refractivity contribution in [3.05, 3.63) is 54.1 Å². The van der Waals surface area contributed by atoms with E-state index in [1.165, 1.54) is 0 Å². The molecule has 2 heterocycles. The molecule has 3 amide bonds. The first kappa shape index (κ1) is 24.7. The van der Waals surface area contributed by atoms with Crippen LogP contribution in [-0.4, -0.2) is 67.7 Å². The van der Waals surface area contributed by atoms with Crippen molar-refractivity contribution >= 4 is 44.6 Å². The largest absolute Gasteiger partial charge is 0.348 e. The molecular formula is C25H30N4O5S. The molecule has 0 saturated carbocycles. The van der Waals surface area contributed by atoms with Crippen LogP contribution >= 0.6 is 0 Å². The summed E-state index contributed by atoms with van der Waals surface area (Å²) in [5, 5.41) is 5.69. The predicted octanol–water partition coefficient (Wildman–Crippen LogP) is 2.19. The number of benzene rings is 2. The van der Waals surface area contributed by atoms with E-state index in [4.69, 9.17) is 0 Å². The Morgan fingerprint density at radius 3 is 2.54 bits per heavy atom. The van der Waals surface area contributed by atoms with Gasteiger partial charge in [0.1, 0.15) is 6.04 Å². The third-order valence-corrected chi connectivity index (χ3v) is 8.31. The highest BCUT2D eigenvalue weighted by molar-refractivity contribution is 7.91. The Morgan fingerprint density at radius 2 is 1.86 bits per heavy atom. The third kappa shape index (κ3) is 5.48. The summed E-state index contributed by atoms with van der Waals surface area (Å²) in [6, 6.07) is 13.2. The lowest BCUT2D eigenvalue weighted by molar-refractivity contribution is -0.131. The van der Waals surface area contributed by atoms with E-state index in [-0.39, 0.29) is 48.2 Å². The highest BCUT2D eigenvalue weighted by Crippen LogP contribution is 2.33. The molecule has 9 nitrogen and oxygen atoms in total. The lowest BCUT2D eigenvalue weighted by atomic mass is 10.0. The molecule has 35 heavy (non-hydrogen) atoms. The lowest BCUT2D eigenvalue weighted by Crippen LogP contribution is -2.54. The number of hydrogen-bond donors (Lipinski definition) is 2. The number of hydrogen-bond acceptors (Lipinski definition) is 6. The number of amides is 3. The lowest BCUT2D eigenvalue weighted by Gasteiger charge is -2.39. The van der Waals surface area contributed by atoms with Crippen LogP contribution in [-0.2, 0) is 24.2 Å². The number of aryl methyl sites for hydroxylation is 1. The van der Waals surface area contributed by atoms with Crippen molar-refractivity contribution in [3.63, 3.8) is 0 Å². The second kappa shape index (κ2) is 10.1. The number of likely N-dealkylation sites (N-methyl/N-ethyl adjacent to an activating group) is 1. The molecular weight excluding hydrogens is 468 g/mol. The highest BCUT2D eigenvalue weighted by Gasteiger charge is 2.38. The van der Waals surface area contributed by atoms with Crippen LogP contribution in [0, 0.1) is 6.92 Å². The molecule has 2 aliphatic rings. The number of nitrogens with one attached hydrogen (secondary N) is 2. The minimum Gasteiger partial charge on any atom is -0.348 e. The summed E-state index contributed by atoms with van der Waals surface area (Å²) in [7, 11) is -3.16. The number of nitrogens with zero attached hydrogens (tertiary/aromatic N) is 2. The maximum atomic E-state index is 13.4. The van der Waals surface area contributed by atoms with Crippen molar-refractivity contribution in [1.82, 2.24) is 4.90 Å². The summed E-state index contributed by atoms with van der Waals surface area (Å²) in [6.45, 7) is 3.91. The fourth-order valence-electron chi connectivity index (χ4n) is 4.74. The van der Waals surface area contributed by atoms with E-state index < -0.39 is 15.9 Å². The molecule has 0 aromatic heterocycles. The summed E-state index contributed by atoms with van der Waals surface area (Å²) < 4.78 is 24.0. The van der Waals surface area contributed by atoms with E-state index in [0.29, 0.717) is 30.0 Å². The average Bonchev–Trinajstić information content (AvgIpc) is 3.17. The van der Waals surface area contributed by atoms with Crippen molar-refractivity contribution in [2.75, 3.05) is 40.1 Å². The van der Waals surface area contributed by atoms with Crippen LogP contribution in [0.2, 0.25) is 0 Å². The quantitative estimate of drug-likeness (QED) is 0.605. The number of para-hydroxylation sites is 3. The molecule has 186 valence electrons. The first-order valence-corrected chi connectivity index (χ1v) is 13.5. The Bertz CT molecular complexity index is 1250.